The molecular weight excluding hydrogens is 1250 g/mol. The van der Waals surface area contributed by atoms with Gasteiger partial charge in [0, 0.05) is 25.7 Å². The first-order valence-electron chi connectivity index (χ1n) is 39.5. The first-order chi connectivity index (χ1) is 45.9. The molecule has 0 bridgehead atoms. The van der Waals surface area contributed by atoms with Gasteiger partial charge in [-0.05, 0) is 37.5 Å². The zero-order valence-electron chi connectivity index (χ0n) is 62.0. The van der Waals surface area contributed by atoms with Crippen molar-refractivity contribution in [3.8, 4) is 0 Å². The summed E-state index contributed by atoms with van der Waals surface area (Å²) < 4.78 is 68.4. The summed E-state index contributed by atoms with van der Waals surface area (Å²) in [6.45, 7) is 9.55. The first kappa shape index (κ1) is 93.1. The highest BCUT2D eigenvalue weighted by atomic mass is 31.2. The summed E-state index contributed by atoms with van der Waals surface area (Å²) in [5.41, 5.74) is 0. The van der Waals surface area contributed by atoms with Crippen molar-refractivity contribution in [2.24, 2.45) is 11.8 Å². The largest absolute Gasteiger partial charge is 0.472 e. The summed E-state index contributed by atoms with van der Waals surface area (Å²) in [7, 11) is -9.91. The van der Waals surface area contributed by atoms with E-state index in [0.29, 0.717) is 25.7 Å². The van der Waals surface area contributed by atoms with Crippen LogP contribution in [-0.2, 0) is 65.4 Å². The van der Waals surface area contributed by atoms with Crippen molar-refractivity contribution in [2.75, 3.05) is 39.6 Å². The Morgan fingerprint density at radius 3 is 0.716 bits per heavy atom. The van der Waals surface area contributed by atoms with Gasteiger partial charge in [0.2, 0.25) is 0 Å². The summed E-state index contributed by atoms with van der Waals surface area (Å²) in [6, 6.07) is 0. The Kier molecular flexibility index (Phi) is 66.5. The van der Waals surface area contributed by atoms with Crippen LogP contribution >= 0.6 is 15.6 Å². The van der Waals surface area contributed by atoms with Crippen molar-refractivity contribution in [1.82, 2.24) is 0 Å². The fraction of sp³-hybridized carbons (Fsp3) is 0.947. The van der Waals surface area contributed by atoms with Crippen LogP contribution in [0.25, 0.3) is 0 Å². The van der Waals surface area contributed by atoms with Gasteiger partial charge >= 0.3 is 39.5 Å². The van der Waals surface area contributed by atoms with E-state index in [4.69, 9.17) is 37.0 Å². The van der Waals surface area contributed by atoms with Gasteiger partial charge in [0.25, 0.3) is 0 Å². The number of aliphatic hydroxyl groups excluding tert-OH is 1. The monoisotopic (exact) mass is 1400 g/mol. The Morgan fingerprint density at radius 1 is 0.284 bits per heavy atom. The highest BCUT2D eigenvalue weighted by Crippen LogP contribution is 2.45. The second-order valence-electron chi connectivity index (χ2n) is 28.3. The molecule has 0 fully saturated rings. The Labute approximate surface area is 581 Å². The lowest BCUT2D eigenvalue weighted by molar-refractivity contribution is -0.161. The van der Waals surface area contributed by atoms with E-state index in [2.05, 4.69) is 41.5 Å². The second-order valence-corrected chi connectivity index (χ2v) is 31.3. The average Bonchev–Trinajstić information content (AvgIpc) is 3.56. The molecule has 0 rings (SSSR count). The molecule has 0 saturated heterocycles. The third kappa shape index (κ3) is 70.3. The molecule has 95 heavy (non-hydrogen) atoms. The van der Waals surface area contributed by atoms with Gasteiger partial charge in [-0.1, -0.05) is 343 Å². The number of hydrogen-bond donors (Lipinski definition) is 3. The van der Waals surface area contributed by atoms with Crippen molar-refractivity contribution in [3.63, 3.8) is 0 Å². The fourth-order valence-corrected chi connectivity index (χ4v) is 13.2. The molecule has 0 aliphatic carbocycles. The number of phosphoric ester groups is 2. The molecular formula is C76H148O17P2. The van der Waals surface area contributed by atoms with Gasteiger partial charge < -0.3 is 33.8 Å². The van der Waals surface area contributed by atoms with Crippen LogP contribution in [-0.4, -0.2) is 96.7 Å². The number of hydrogen-bond acceptors (Lipinski definition) is 15. The SMILES string of the molecule is CCCCCCCCCCCCCCCCCCCCC(=O)OC[C@H](COP(=O)(O)OC[C@@H](O)COP(=O)(O)OC[C@@H](COC(=O)CCCCCCCCCC)OC(=O)CCCCCCCCCCC(C)C)OC(=O)CCCCCCCCCCCCCCCCCC(C)C. The smallest absolute Gasteiger partial charge is 0.462 e. The van der Waals surface area contributed by atoms with Crippen LogP contribution in [0.1, 0.15) is 395 Å². The molecule has 0 heterocycles. The van der Waals surface area contributed by atoms with Gasteiger partial charge in [0.05, 0.1) is 26.4 Å². The minimum absolute atomic E-state index is 0.104. The Hall–Kier alpha value is -1.94. The van der Waals surface area contributed by atoms with Crippen LogP contribution in [0.4, 0.5) is 0 Å². The number of unbranched alkanes of at least 4 members (excludes halogenated alkanes) is 45. The topological polar surface area (TPSA) is 237 Å². The number of phosphoric acid groups is 2. The summed E-state index contributed by atoms with van der Waals surface area (Å²) in [5.74, 6) is -0.599. The molecule has 0 aromatic rings. The van der Waals surface area contributed by atoms with Crippen LogP contribution in [0, 0.1) is 11.8 Å². The standard InChI is InChI=1S/C76H148O17P2/c1-7-9-11-13-15-17-18-19-20-21-22-25-28-31-34-41-47-53-59-74(79)87-65-72(92-75(80)60-54-48-42-35-32-29-26-23-24-27-30-33-38-44-50-56-68(3)4)67-91-95(84,85)89-63-70(77)62-88-94(82,83)90-66-71(64-86-73(78)58-52-46-40-16-14-12-10-8-2)93-76(81)61-55-49-43-37-36-39-45-51-57-69(5)6/h68-72,77H,7-67H2,1-6H3,(H,82,83)(H,84,85)/t70-,71+,72+/m0/s1. The zero-order chi connectivity index (χ0) is 70.0. The van der Waals surface area contributed by atoms with Gasteiger partial charge in [-0.25, -0.2) is 9.13 Å². The van der Waals surface area contributed by atoms with E-state index in [-0.39, 0.29) is 25.7 Å². The maximum absolute atomic E-state index is 13.1. The van der Waals surface area contributed by atoms with E-state index in [1.807, 2.05) is 0 Å². The molecule has 0 aliphatic heterocycles. The van der Waals surface area contributed by atoms with E-state index in [9.17, 15) is 43.2 Å². The summed E-state index contributed by atoms with van der Waals surface area (Å²) in [5, 5.41) is 10.6. The van der Waals surface area contributed by atoms with Crippen LogP contribution < -0.4 is 0 Å². The third-order valence-electron chi connectivity index (χ3n) is 17.7. The Bertz CT molecular complexity index is 1840. The lowest BCUT2D eigenvalue weighted by Gasteiger charge is -2.21. The predicted molar refractivity (Wildman–Crippen MR) is 386 cm³/mol. The normalized spacial score (nSPS) is 14.0. The Balaban J connectivity index is 5.20. The fourth-order valence-electron chi connectivity index (χ4n) is 11.7. The number of aliphatic hydroxyl groups is 1. The molecule has 3 N–H and O–H groups in total. The Morgan fingerprint density at radius 2 is 0.484 bits per heavy atom. The van der Waals surface area contributed by atoms with E-state index in [1.54, 1.807) is 0 Å². The summed E-state index contributed by atoms with van der Waals surface area (Å²) in [6.07, 6.45) is 55.7. The number of esters is 4. The van der Waals surface area contributed by atoms with Crippen molar-refractivity contribution in [1.29, 1.82) is 0 Å². The minimum atomic E-state index is -4.96. The maximum atomic E-state index is 13.1. The summed E-state index contributed by atoms with van der Waals surface area (Å²) in [4.78, 5) is 72.7. The van der Waals surface area contributed by atoms with Gasteiger partial charge in [-0.15, -0.1) is 0 Å². The minimum Gasteiger partial charge on any atom is -0.462 e. The lowest BCUT2D eigenvalue weighted by Crippen LogP contribution is -2.30. The lowest BCUT2D eigenvalue weighted by atomic mass is 10.0. The number of carbonyl (C=O) groups excluding carboxylic acids is 4. The maximum Gasteiger partial charge on any atom is 0.472 e. The highest BCUT2D eigenvalue weighted by Gasteiger charge is 2.30. The molecule has 0 aromatic heterocycles. The van der Waals surface area contributed by atoms with Crippen molar-refractivity contribution in [2.45, 2.75) is 413 Å². The molecule has 0 aliphatic rings. The van der Waals surface area contributed by atoms with E-state index in [0.717, 1.165) is 108 Å². The molecule has 0 amide bonds. The van der Waals surface area contributed by atoms with E-state index >= 15 is 0 Å². The first-order valence-corrected chi connectivity index (χ1v) is 42.5. The van der Waals surface area contributed by atoms with Crippen molar-refractivity contribution >= 4 is 39.5 Å². The molecule has 0 radical (unpaired) electrons. The molecule has 5 atom stereocenters. The van der Waals surface area contributed by atoms with Gasteiger partial charge in [-0.2, -0.15) is 0 Å². The van der Waals surface area contributed by atoms with Crippen LogP contribution in [0.15, 0.2) is 0 Å². The van der Waals surface area contributed by atoms with Gasteiger partial charge in [0.1, 0.15) is 19.3 Å². The molecule has 0 aromatic carbocycles. The predicted octanol–water partition coefficient (Wildman–Crippen LogP) is 22.3. The quantitative estimate of drug-likeness (QED) is 0.0222. The van der Waals surface area contributed by atoms with Crippen molar-refractivity contribution < 1.29 is 80.2 Å². The molecule has 564 valence electrons. The van der Waals surface area contributed by atoms with Gasteiger partial charge in [0.15, 0.2) is 12.2 Å². The molecule has 19 heteroatoms. The number of carbonyl (C=O) groups is 4. The zero-order valence-corrected chi connectivity index (χ0v) is 63.8. The molecule has 17 nitrogen and oxygen atoms in total. The molecule has 0 saturated carbocycles. The summed E-state index contributed by atoms with van der Waals surface area (Å²) >= 11 is 0. The van der Waals surface area contributed by atoms with Crippen LogP contribution in [0.3, 0.4) is 0 Å². The third-order valence-corrected chi connectivity index (χ3v) is 19.6. The highest BCUT2D eigenvalue weighted by molar-refractivity contribution is 7.47. The van der Waals surface area contributed by atoms with Crippen molar-refractivity contribution in [3.05, 3.63) is 0 Å². The number of rotatable bonds is 75. The molecule has 2 unspecified atom stereocenters. The van der Waals surface area contributed by atoms with Crippen LogP contribution in [0.5, 0.6) is 0 Å². The second kappa shape index (κ2) is 67.9. The number of ether oxygens (including phenoxy) is 4. The van der Waals surface area contributed by atoms with E-state index in [1.165, 1.54) is 205 Å². The van der Waals surface area contributed by atoms with Crippen LogP contribution in [0.2, 0.25) is 0 Å². The molecule has 0 spiro atoms. The van der Waals surface area contributed by atoms with Gasteiger partial charge in [-0.3, -0.25) is 37.3 Å². The van der Waals surface area contributed by atoms with E-state index < -0.39 is 97.5 Å². The average molecular weight is 1400 g/mol.